The van der Waals surface area contributed by atoms with Gasteiger partial charge in [-0.1, -0.05) is 29.9 Å². The van der Waals surface area contributed by atoms with Gasteiger partial charge in [-0.2, -0.15) is 0 Å². The van der Waals surface area contributed by atoms with Crippen molar-refractivity contribution < 1.29 is 0 Å². The Balaban J connectivity index is 2.25. The highest BCUT2D eigenvalue weighted by atomic mass is 32.1. The fourth-order valence-electron chi connectivity index (χ4n) is 1.65. The van der Waals surface area contributed by atoms with Gasteiger partial charge in [0, 0.05) is 12.2 Å². The summed E-state index contributed by atoms with van der Waals surface area (Å²) in [4.78, 5) is 3.32. The Kier molecular flexibility index (Phi) is 2.32. The van der Waals surface area contributed by atoms with E-state index in [-0.39, 0.29) is 0 Å². The van der Waals surface area contributed by atoms with Crippen molar-refractivity contribution in [3.8, 4) is 0 Å². The number of anilines is 1. The lowest BCUT2D eigenvalue weighted by molar-refractivity contribution is 0.956. The van der Waals surface area contributed by atoms with Crippen LogP contribution in [0.1, 0.15) is 18.4 Å². The molecule has 2 rings (SSSR count). The zero-order valence-electron chi connectivity index (χ0n) is 7.79. The van der Waals surface area contributed by atoms with Crippen LogP contribution in [0.5, 0.6) is 0 Å². The van der Waals surface area contributed by atoms with E-state index in [1.165, 1.54) is 17.7 Å². The maximum atomic E-state index is 5.28. The molecule has 0 radical (unpaired) electrons. The van der Waals surface area contributed by atoms with Gasteiger partial charge in [0.1, 0.15) is 0 Å². The van der Waals surface area contributed by atoms with Crippen molar-refractivity contribution in [2.45, 2.75) is 19.8 Å². The van der Waals surface area contributed by atoms with Gasteiger partial charge in [0.05, 0.1) is 4.99 Å². The number of nitrogens with zero attached hydrogens (tertiary/aromatic N) is 1. The summed E-state index contributed by atoms with van der Waals surface area (Å²) in [7, 11) is 0. The molecule has 0 aromatic heterocycles. The van der Waals surface area contributed by atoms with Crippen LogP contribution in [0.3, 0.4) is 0 Å². The van der Waals surface area contributed by atoms with Crippen molar-refractivity contribution in [2.24, 2.45) is 0 Å². The number of aryl methyl sites for hydroxylation is 1. The molecule has 1 aliphatic rings. The van der Waals surface area contributed by atoms with Crippen molar-refractivity contribution in [3.05, 3.63) is 29.8 Å². The molecule has 0 unspecified atom stereocenters. The smallest absolute Gasteiger partial charge is 0.0824 e. The van der Waals surface area contributed by atoms with Gasteiger partial charge < -0.3 is 4.90 Å². The van der Waals surface area contributed by atoms with Gasteiger partial charge in [-0.15, -0.1) is 0 Å². The van der Waals surface area contributed by atoms with Crippen molar-refractivity contribution in [3.63, 3.8) is 0 Å². The molecule has 0 amide bonds. The van der Waals surface area contributed by atoms with Gasteiger partial charge in [0.25, 0.3) is 0 Å². The first-order valence-corrected chi connectivity index (χ1v) is 5.05. The standard InChI is InChI=1S/C11H13NS/c1-9-4-6-10(7-5-9)12-8-2-3-11(12)13/h4-7H,2-3,8H2,1H3. The summed E-state index contributed by atoms with van der Waals surface area (Å²) in [5.74, 6) is 0. The minimum atomic E-state index is 1.07. The average Bonchev–Trinajstić information content (AvgIpc) is 2.53. The van der Waals surface area contributed by atoms with E-state index in [4.69, 9.17) is 12.2 Å². The molecule has 1 heterocycles. The van der Waals surface area contributed by atoms with Crippen LogP contribution >= 0.6 is 12.2 Å². The van der Waals surface area contributed by atoms with E-state index in [9.17, 15) is 0 Å². The molecule has 13 heavy (non-hydrogen) atoms. The van der Waals surface area contributed by atoms with Crippen molar-refractivity contribution in [2.75, 3.05) is 11.4 Å². The molecular formula is C11H13NS. The van der Waals surface area contributed by atoms with E-state index < -0.39 is 0 Å². The van der Waals surface area contributed by atoms with Crippen LogP contribution in [0.25, 0.3) is 0 Å². The number of rotatable bonds is 1. The van der Waals surface area contributed by atoms with E-state index in [0.717, 1.165) is 18.0 Å². The van der Waals surface area contributed by atoms with Crippen LogP contribution in [0, 0.1) is 6.92 Å². The van der Waals surface area contributed by atoms with Crippen LogP contribution in [-0.4, -0.2) is 11.5 Å². The van der Waals surface area contributed by atoms with Crippen LogP contribution in [-0.2, 0) is 0 Å². The maximum Gasteiger partial charge on any atom is 0.0824 e. The Morgan fingerprint density at radius 2 is 1.92 bits per heavy atom. The second-order valence-electron chi connectivity index (χ2n) is 3.48. The first kappa shape index (κ1) is 8.70. The molecule has 1 aromatic rings. The lowest BCUT2D eigenvalue weighted by Crippen LogP contribution is -2.21. The lowest BCUT2D eigenvalue weighted by Gasteiger charge is -2.17. The van der Waals surface area contributed by atoms with E-state index in [2.05, 4.69) is 36.1 Å². The topological polar surface area (TPSA) is 3.24 Å². The summed E-state index contributed by atoms with van der Waals surface area (Å²) in [6, 6.07) is 8.56. The molecule has 1 aliphatic heterocycles. The molecule has 0 saturated carbocycles. The van der Waals surface area contributed by atoms with Gasteiger partial charge in [0.15, 0.2) is 0 Å². The van der Waals surface area contributed by atoms with Gasteiger partial charge in [0.2, 0.25) is 0 Å². The summed E-state index contributed by atoms with van der Waals surface area (Å²) in [6.45, 7) is 3.19. The number of hydrogen-bond donors (Lipinski definition) is 0. The molecule has 1 fully saturated rings. The molecule has 1 saturated heterocycles. The third-order valence-corrected chi connectivity index (χ3v) is 2.84. The summed E-state index contributed by atoms with van der Waals surface area (Å²) in [6.07, 6.45) is 2.27. The monoisotopic (exact) mass is 191 g/mol. The second-order valence-corrected chi connectivity index (χ2v) is 3.96. The average molecular weight is 191 g/mol. The molecule has 1 nitrogen and oxygen atoms in total. The van der Waals surface area contributed by atoms with Crippen LogP contribution in [0.15, 0.2) is 24.3 Å². The SMILES string of the molecule is Cc1ccc(N2CCCC2=S)cc1. The molecule has 0 aliphatic carbocycles. The molecule has 2 heteroatoms. The van der Waals surface area contributed by atoms with E-state index in [1.807, 2.05) is 0 Å². The Bertz CT molecular complexity index is 315. The highest BCUT2D eigenvalue weighted by Gasteiger charge is 2.17. The molecule has 0 atom stereocenters. The van der Waals surface area contributed by atoms with Crippen molar-refractivity contribution >= 4 is 22.9 Å². The molecule has 68 valence electrons. The number of hydrogen-bond acceptors (Lipinski definition) is 1. The summed E-state index contributed by atoms with van der Waals surface area (Å²) in [5.41, 5.74) is 2.54. The minimum Gasteiger partial charge on any atom is -0.336 e. The van der Waals surface area contributed by atoms with Crippen molar-refractivity contribution in [1.82, 2.24) is 0 Å². The zero-order chi connectivity index (χ0) is 9.26. The molecule has 0 spiro atoms. The number of benzene rings is 1. The van der Waals surface area contributed by atoms with E-state index in [1.54, 1.807) is 0 Å². The quantitative estimate of drug-likeness (QED) is 0.628. The normalized spacial score (nSPS) is 16.7. The minimum absolute atomic E-state index is 1.07. The highest BCUT2D eigenvalue weighted by molar-refractivity contribution is 7.80. The molecule has 1 aromatic carbocycles. The Morgan fingerprint density at radius 1 is 1.23 bits per heavy atom. The maximum absolute atomic E-state index is 5.28. The summed E-state index contributed by atoms with van der Waals surface area (Å²) < 4.78 is 0. The number of thiocarbonyl (C=S) groups is 1. The van der Waals surface area contributed by atoms with Crippen molar-refractivity contribution in [1.29, 1.82) is 0 Å². The summed E-state index contributed by atoms with van der Waals surface area (Å²) >= 11 is 5.28. The Hall–Kier alpha value is -0.890. The first-order chi connectivity index (χ1) is 6.27. The van der Waals surface area contributed by atoms with E-state index in [0.29, 0.717) is 0 Å². The van der Waals surface area contributed by atoms with Crippen LogP contribution in [0.4, 0.5) is 5.69 Å². The molecule has 0 N–H and O–H groups in total. The predicted octanol–water partition coefficient (Wildman–Crippen LogP) is 2.92. The fraction of sp³-hybridized carbons (Fsp3) is 0.364. The van der Waals surface area contributed by atoms with E-state index >= 15 is 0 Å². The Labute approximate surface area is 84.4 Å². The van der Waals surface area contributed by atoms with Gasteiger partial charge >= 0.3 is 0 Å². The fourth-order valence-corrected chi connectivity index (χ4v) is 1.99. The molecule has 0 bridgehead atoms. The largest absolute Gasteiger partial charge is 0.336 e. The summed E-state index contributed by atoms with van der Waals surface area (Å²) in [5, 5.41) is 0. The predicted molar refractivity (Wildman–Crippen MR) is 60.4 cm³/mol. The van der Waals surface area contributed by atoms with Gasteiger partial charge in [-0.3, -0.25) is 0 Å². The highest BCUT2D eigenvalue weighted by Crippen LogP contribution is 2.22. The van der Waals surface area contributed by atoms with Gasteiger partial charge in [-0.05, 0) is 31.9 Å². The lowest BCUT2D eigenvalue weighted by atomic mass is 10.2. The van der Waals surface area contributed by atoms with Crippen LogP contribution < -0.4 is 4.90 Å². The van der Waals surface area contributed by atoms with Gasteiger partial charge in [-0.25, -0.2) is 0 Å². The molecular weight excluding hydrogens is 178 g/mol. The van der Waals surface area contributed by atoms with Crippen LogP contribution in [0.2, 0.25) is 0 Å². The third-order valence-electron chi connectivity index (χ3n) is 2.42. The third kappa shape index (κ3) is 1.73. The first-order valence-electron chi connectivity index (χ1n) is 4.64. The zero-order valence-corrected chi connectivity index (χ0v) is 8.60. The second kappa shape index (κ2) is 3.46. The Morgan fingerprint density at radius 3 is 2.46 bits per heavy atom.